The fraction of sp³-hybridized carbons (Fsp3) is 0.263. The third kappa shape index (κ3) is 3.23. The molecule has 3 aromatic rings. The molecular weight excluding hydrogens is 334 g/mol. The Balaban J connectivity index is 1.51. The van der Waals surface area contributed by atoms with Gasteiger partial charge in [0, 0.05) is 17.8 Å². The molecule has 0 saturated carbocycles. The Hall–Kier alpha value is -2.44. The Kier molecular flexibility index (Phi) is 4.38. The summed E-state index contributed by atoms with van der Waals surface area (Å²) in [6, 6.07) is 11.9. The summed E-state index contributed by atoms with van der Waals surface area (Å²) < 4.78 is 6.49. The lowest BCUT2D eigenvalue weighted by Crippen LogP contribution is -2.36. The second-order valence-corrected chi connectivity index (χ2v) is 7.06. The number of nitrogens with zero attached hydrogens (tertiary/aromatic N) is 2. The Labute approximate surface area is 150 Å². The topological polar surface area (TPSA) is 54.5 Å². The Morgan fingerprint density at radius 1 is 1.20 bits per heavy atom. The molecule has 1 aliphatic heterocycles. The first-order chi connectivity index (χ1) is 12.2. The van der Waals surface area contributed by atoms with E-state index in [0.29, 0.717) is 5.69 Å². The minimum atomic E-state index is -0.0837. The van der Waals surface area contributed by atoms with Crippen molar-refractivity contribution in [3.8, 4) is 0 Å². The molecule has 128 valence electrons. The standard InChI is InChI=1S/C19H19N3O2S/c1-13-15-4-2-3-5-16(15)25-18(13)19(23)21-14-6-7-17(20-12-14)22-8-10-24-11-9-22/h2-7,12H,8-11H2,1H3,(H,21,23). The van der Waals surface area contributed by atoms with Crippen LogP contribution < -0.4 is 10.2 Å². The highest BCUT2D eigenvalue weighted by atomic mass is 32.1. The minimum absolute atomic E-state index is 0.0837. The van der Waals surface area contributed by atoms with Crippen LogP contribution in [0.1, 0.15) is 15.2 Å². The third-order valence-electron chi connectivity index (χ3n) is 4.39. The first kappa shape index (κ1) is 16.1. The summed E-state index contributed by atoms with van der Waals surface area (Å²) in [6.45, 7) is 5.14. The van der Waals surface area contributed by atoms with E-state index in [0.717, 1.165) is 52.6 Å². The summed E-state index contributed by atoms with van der Waals surface area (Å²) in [7, 11) is 0. The number of ether oxygens (including phenoxy) is 1. The van der Waals surface area contributed by atoms with Crippen LogP contribution >= 0.6 is 11.3 Å². The third-order valence-corrected chi connectivity index (χ3v) is 5.66. The van der Waals surface area contributed by atoms with Gasteiger partial charge in [0.05, 0.1) is 30.0 Å². The summed E-state index contributed by atoms with van der Waals surface area (Å²) in [4.78, 5) is 20.0. The number of amides is 1. The molecule has 1 fully saturated rings. The molecule has 0 spiro atoms. The first-order valence-corrected chi connectivity index (χ1v) is 9.12. The van der Waals surface area contributed by atoms with Crippen LogP contribution in [0.4, 0.5) is 11.5 Å². The molecule has 1 N–H and O–H groups in total. The van der Waals surface area contributed by atoms with Gasteiger partial charge >= 0.3 is 0 Å². The van der Waals surface area contributed by atoms with E-state index in [4.69, 9.17) is 4.74 Å². The molecule has 3 heterocycles. The number of pyridine rings is 1. The largest absolute Gasteiger partial charge is 0.378 e. The summed E-state index contributed by atoms with van der Waals surface area (Å²) in [5.41, 5.74) is 1.73. The van der Waals surface area contributed by atoms with Gasteiger partial charge in [0.15, 0.2) is 0 Å². The van der Waals surface area contributed by atoms with Gasteiger partial charge in [-0.15, -0.1) is 11.3 Å². The zero-order valence-corrected chi connectivity index (χ0v) is 14.8. The van der Waals surface area contributed by atoms with Crippen molar-refractivity contribution in [2.45, 2.75) is 6.92 Å². The van der Waals surface area contributed by atoms with E-state index in [9.17, 15) is 4.79 Å². The van der Waals surface area contributed by atoms with Gasteiger partial charge in [0.25, 0.3) is 5.91 Å². The van der Waals surface area contributed by atoms with E-state index in [-0.39, 0.29) is 5.91 Å². The van der Waals surface area contributed by atoms with Crippen molar-refractivity contribution in [3.63, 3.8) is 0 Å². The van der Waals surface area contributed by atoms with Crippen molar-refractivity contribution in [1.82, 2.24) is 4.98 Å². The molecule has 1 aromatic carbocycles. The average Bonchev–Trinajstić information content (AvgIpc) is 3.00. The highest BCUT2D eigenvalue weighted by Gasteiger charge is 2.16. The number of aromatic nitrogens is 1. The maximum absolute atomic E-state index is 12.6. The van der Waals surface area contributed by atoms with Crippen LogP contribution in [0.25, 0.3) is 10.1 Å². The number of hydrogen-bond donors (Lipinski definition) is 1. The van der Waals surface area contributed by atoms with Crippen molar-refractivity contribution in [3.05, 3.63) is 53.0 Å². The molecule has 0 bridgehead atoms. The number of aryl methyl sites for hydroxylation is 1. The van der Waals surface area contributed by atoms with Gasteiger partial charge in [-0.3, -0.25) is 4.79 Å². The van der Waals surface area contributed by atoms with Crippen LogP contribution in [0.5, 0.6) is 0 Å². The lowest BCUT2D eigenvalue weighted by atomic mass is 10.1. The fourth-order valence-electron chi connectivity index (χ4n) is 3.02. The zero-order valence-electron chi connectivity index (χ0n) is 14.0. The van der Waals surface area contributed by atoms with Crippen LogP contribution in [0, 0.1) is 6.92 Å². The lowest BCUT2D eigenvalue weighted by molar-refractivity contribution is 0.103. The number of fused-ring (bicyclic) bond motifs is 1. The zero-order chi connectivity index (χ0) is 17.2. The van der Waals surface area contributed by atoms with Gasteiger partial charge in [-0.05, 0) is 36.1 Å². The van der Waals surface area contributed by atoms with Crippen LogP contribution in [-0.2, 0) is 4.74 Å². The van der Waals surface area contributed by atoms with E-state index < -0.39 is 0 Å². The molecule has 0 unspecified atom stereocenters. The quantitative estimate of drug-likeness (QED) is 0.780. The second-order valence-electron chi connectivity index (χ2n) is 6.01. The maximum atomic E-state index is 12.6. The molecule has 1 aliphatic rings. The second kappa shape index (κ2) is 6.82. The van der Waals surface area contributed by atoms with Crippen LogP contribution in [0.15, 0.2) is 42.6 Å². The number of benzene rings is 1. The lowest BCUT2D eigenvalue weighted by Gasteiger charge is -2.27. The molecule has 5 nitrogen and oxygen atoms in total. The summed E-state index contributed by atoms with van der Waals surface area (Å²) in [6.07, 6.45) is 1.71. The number of carbonyl (C=O) groups is 1. The number of rotatable bonds is 3. The van der Waals surface area contributed by atoms with Crippen LogP contribution in [0.2, 0.25) is 0 Å². The van der Waals surface area contributed by atoms with E-state index in [1.165, 1.54) is 11.3 Å². The summed E-state index contributed by atoms with van der Waals surface area (Å²) in [5.74, 6) is 0.832. The van der Waals surface area contributed by atoms with E-state index in [1.54, 1.807) is 6.20 Å². The number of morpholine rings is 1. The molecule has 0 atom stereocenters. The fourth-order valence-corrected chi connectivity index (χ4v) is 4.12. The average molecular weight is 353 g/mol. The van der Waals surface area contributed by atoms with Gasteiger partial charge in [-0.25, -0.2) is 4.98 Å². The minimum Gasteiger partial charge on any atom is -0.378 e. The molecule has 0 radical (unpaired) electrons. The van der Waals surface area contributed by atoms with Crippen molar-refractivity contribution in [1.29, 1.82) is 0 Å². The number of nitrogens with one attached hydrogen (secondary N) is 1. The molecule has 0 aliphatic carbocycles. The number of hydrogen-bond acceptors (Lipinski definition) is 5. The van der Waals surface area contributed by atoms with Crippen molar-refractivity contribution in [2.75, 3.05) is 36.5 Å². The predicted molar refractivity (Wildman–Crippen MR) is 102 cm³/mol. The number of anilines is 2. The van der Waals surface area contributed by atoms with Gasteiger partial charge in [0.1, 0.15) is 5.82 Å². The van der Waals surface area contributed by atoms with Crippen molar-refractivity contribution >= 4 is 38.8 Å². The van der Waals surface area contributed by atoms with Crippen LogP contribution in [0.3, 0.4) is 0 Å². The molecular formula is C19H19N3O2S. The molecule has 2 aromatic heterocycles. The van der Waals surface area contributed by atoms with Gasteiger partial charge in [-0.2, -0.15) is 0 Å². The number of thiophene rings is 1. The van der Waals surface area contributed by atoms with Gasteiger partial charge in [-0.1, -0.05) is 18.2 Å². The van der Waals surface area contributed by atoms with E-state index in [2.05, 4.69) is 21.3 Å². The summed E-state index contributed by atoms with van der Waals surface area (Å²) >= 11 is 1.52. The Bertz CT molecular complexity index is 899. The van der Waals surface area contributed by atoms with Crippen molar-refractivity contribution in [2.24, 2.45) is 0 Å². The van der Waals surface area contributed by atoms with Gasteiger partial charge < -0.3 is 15.0 Å². The predicted octanol–water partition coefficient (Wildman–Crippen LogP) is 3.69. The molecule has 4 rings (SSSR count). The Morgan fingerprint density at radius 2 is 2.00 bits per heavy atom. The summed E-state index contributed by atoms with van der Waals surface area (Å²) in [5, 5.41) is 4.09. The SMILES string of the molecule is Cc1c(C(=O)Nc2ccc(N3CCOCC3)nc2)sc2ccccc12. The van der Waals surface area contributed by atoms with Crippen LogP contribution in [-0.4, -0.2) is 37.2 Å². The highest BCUT2D eigenvalue weighted by Crippen LogP contribution is 2.31. The molecule has 25 heavy (non-hydrogen) atoms. The van der Waals surface area contributed by atoms with E-state index in [1.807, 2.05) is 37.3 Å². The maximum Gasteiger partial charge on any atom is 0.266 e. The smallest absolute Gasteiger partial charge is 0.266 e. The van der Waals surface area contributed by atoms with Gasteiger partial charge in [0.2, 0.25) is 0 Å². The number of carbonyl (C=O) groups excluding carboxylic acids is 1. The normalized spacial score (nSPS) is 14.7. The Morgan fingerprint density at radius 3 is 2.72 bits per heavy atom. The van der Waals surface area contributed by atoms with E-state index >= 15 is 0 Å². The highest BCUT2D eigenvalue weighted by molar-refractivity contribution is 7.21. The molecule has 6 heteroatoms. The first-order valence-electron chi connectivity index (χ1n) is 8.30. The monoisotopic (exact) mass is 353 g/mol. The van der Waals surface area contributed by atoms with Crippen molar-refractivity contribution < 1.29 is 9.53 Å². The molecule has 1 saturated heterocycles. The molecule has 1 amide bonds.